The molecule has 0 aromatic heterocycles. The van der Waals surface area contributed by atoms with Gasteiger partial charge in [-0.2, -0.15) is 0 Å². The minimum absolute atomic E-state index is 1.20. The monoisotopic (exact) mass is 424 g/mol. The zero-order valence-corrected chi connectivity index (χ0v) is 12.8. The Labute approximate surface area is 111 Å². The van der Waals surface area contributed by atoms with E-state index in [1.807, 2.05) is 6.08 Å². The van der Waals surface area contributed by atoms with Gasteiger partial charge < -0.3 is 0 Å². The Hall–Kier alpha value is 0.420. The van der Waals surface area contributed by atoms with Crippen LogP contribution in [0, 0.1) is 0 Å². The summed E-state index contributed by atoms with van der Waals surface area (Å²) >= 11 is 1.75. The quantitative estimate of drug-likeness (QED) is 0.377. The fourth-order valence-corrected chi connectivity index (χ4v) is 1.58. The number of hydrogen-bond donors (Lipinski definition) is 0. The first-order valence-corrected chi connectivity index (χ1v) is 8.40. The van der Waals surface area contributed by atoms with Gasteiger partial charge in [0.05, 0.1) is 0 Å². The predicted molar refractivity (Wildman–Crippen MR) is 69.9 cm³/mol. The molecule has 1 rings (SSSR count). The van der Waals surface area contributed by atoms with Crippen molar-refractivity contribution < 1.29 is 20.0 Å². The normalized spacial score (nSPS) is 9.07. The van der Waals surface area contributed by atoms with Gasteiger partial charge in [-0.1, -0.05) is 36.9 Å². The molecule has 0 aliphatic carbocycles. The van der Waals surface area contributed by atoms with E-state index in [4.69, 9.17) is 0 Å². The van der Waals surface area contributed by atoms with Gasteiger partial charge >= 0.3 is 29.2 Å². The number of halogens is 1. The van der Waals surface area contributed by atoms with E-state index >= 15 is 0 Å². The molecule has 1 unspecified atom stereocenters. The van der Waals surface area contributed by atoms with Crippen LogP contribution in [0.1, 0.15) is 24.0 Å². The van der Waals surface area contributed by atoms with Gasteiger partial charge in [0.1, 0.15) is 0 Å². The summed E-state index contributed by atoms with van der Waals surface area (Å²) in [7, 11) is 7.35. The molecular formula is C12H17AuClP. The van der Waals surface area contributed by atoms with Crippen molar-refractivity contribution in [2.75, 3.05) is 6.16 Å². The molecule has 1 atom stereocenters. The molecule has 0 heterocycles. The van der Waals surface area contributed by atoms with Gasteiger partial charge in [0.2, 0.25) is 0 Å². The van der Waals surface area contributed by atoms with Crippen LogP contribution < -0.4 is 0 Å². The van der Waals surface area contributed by atoms with E-state index in [9.17, 15) is 0 Å². The number of benzene rings is 1. The number of rotatable bonds is 5. The SMILES string of the molecule is C=Cc1ccc(CCCCP)cc1.[Cl][Au]. The molecule has 0 saturated heterocycles. The summed E-state index contributed by atoms with van der Waals surface area (Å²) in [6, 6.07) is 8.64. The first-order chi connectivity index (χ1) is 7.36. The van der Waals surface area contributed by atoms with Crippen LogP contribution >= 0.6 is 18.4 Å². The van der Waals surface area contributed by atoms with Crippen LogP contribution in [-0.2, 0) is 26.4 Å². The Morgan fingerprint density at radius 3 is 2.27 bits per heavy atom. The van der Waals surface area contributed by atoms with Crippen molar-refractivity contribution in [1.29, 1.82) is 0 Å². The second kappa shape index (κ2) is 10.9. The third-order valence-corrected chi connectivity index (χ3v) is 2.54. The predicted octanol–water partition coefficient (Wildman–Crippen LogP) is 4.21. The second-order valence-corrected chi connectivity index (χ2v) is 3.77. The molecule has 0 aliphatic rings. The van der Waals surface area contributed by atoms with Crippen LogP contribution in [0.4, 0.5) is 0 Å². The van der Waals surface area contributed by atoms with Crippen molar-refractivity contribution in [3.63, 3.8) is 0 Å². The first kappa shape index (κ1) is 15.4. The maximum atomic E-state index is 4.58. The molecule has 3 heteroatoms. The van der Waals surface area contributed by atoms with E-state index in [0.29, 0.717) is 0 Å². The third kappa shape index (κ3) is 7.33. The van der Waals surface area contributed by atoms with Crippen LogP contribution in [0.15, 0.2) is 30.8 Å². The van der Waals surface area contributed by atoms with E-state index in [1.54, 1.807) is 20.0 Å². The van der Waals surface area contributed by atoms with Gasteiger partial charge in [-0.3, -0.25) is 0 Å². The molecular weight excluding hydrogens is 408 g/mol. The van der Waals surface area contributed by atoms with Crippen molar-refractivity contribution in [2.45, 2.75) is 19.3 Å². The molecule has 0 N–H and O–H groups in total. The van der Waals surface area contributed by atoms with Crippen LogP contribution in [0.25, 0.3) is 6.08 Å². The summed E-state index contributed by atoms with van der Waals surface area (Å²) in [6.45, 7) is 3.73. The van der Waals surface area contributed by atoms with Crippen molar-refractivity contribution in [3.05, 3.63) is 42.0 Å². The molecule has 0 fully saturated rings. The van der Waals surface area contributed by atoms with Crippen molar-refractivity contribution in [1.82, 2.24) is 0 Å². The summed E-state index contributed by atoms with van der Waals surface area (Å²) in [6.07, 6.45) is 6.88. The standard InChI is InChI=1S/C12H17P.Au.ClH/c1-2-11-6-8-12(9-7-11)5-3-4-10-13;;/h2,6-9H,1,3-5,10,13H2;;1H/q;+1;/p-1. The van der Waals surface area contributed by atoms with E-state index in [0.717, 1.165) is 0 Å². The Bertz CT molecular complexity index is 259. The molecule has 15 heavy (non-hydrogen) atoms. The van der Waals surface area contributed by atoms with Crippen LogP contribution in [-0.4, -0.2) is 6.16 Å². The van der Waals surface area contributed by atoms with Crippen LogP contribution in [0.3, 0.4) is 0 Å². The Morgan fingerprint density at radius 2 is 1.80 bits per heavy atom. The van der Waals surface area contributed by atoms with Crippen molar-refractivity contribution in [3.8, 4) is 0 Å². The summed E-state index contributed by atoms with van der Waals surface area (Å²) in [5.74, 6) is 0. The van der Waals surface area contributed by atoms with E-state index < -0.39 is 0 Å². The number of aryl methyl sites for hydroxylation is 1. The third-order valence-electron chi connectivity index (χ3n) is 2.13. The Morgan fingerprint density at radius 1 is 1.20 bits per heavy atom. The van der Waals surface area contributed by atoms with Crippen LogP contribution in [0.2, 0.25) is 0 Å². The average Bonchev–Trinajstić information content (AvgIpc) is 2.33. The number of unbranched alkanes of at least 4 members (excludes halogenated alkanes) is 1. The van der Waals surface area contributed by atoms with Gasteiger partial charge in [-0.25, -0.2) is 0 Å². The zero-order valence-electron chi connectivity index (χ0n) is 8.68. The van der Waals surface area contributed by atoms with E-state index in [-0.39, 0.29) is 0 Å². The molecule has 0 aliphatic heterocycles. The molecule has 0 nitrogen and oxygen atoms in total. The average molecular weight is 425 g/mol. The molecule has 0 saturated carbocycles. The summed E-state index contributed by atoms with van der Waals surface area (Å²) in [4.78, 5) is 0. The maximum absolute atomic E-state index is 4.58. The first-order valence-electron chi connectivity index (χ1n) is 4.89. The minimum atomic E-state index is 1.20. The van der Waals surface area contributed by atoms with Gasteiger partial charge in [0, 0.05) is 0 Å². The van der Waals surface area contributed by atoms with Crippen molar-refractivity contribution in [2.24, 2.45) is 0 Å². The molecule has 0 radical (unpaired) electrons. The van der Waals surface area contributed by atoms with Gasteiger partial charge in [0.25, 0.3) is 0 Å². The fraction of sp³-hybridized carbons (Fsp3) is 0.333. The molecule has 1 aromatic carbocycles. The van der Waals surface area contributed by atoms with Crippen LogP contribution in [0.5, 0.6) is 0 Å². The van der Waals surface area contributed by atoms with Gasteiger partial charge in [-0.15, -0.1) is 9.24 Å². The molecule has 0 bridgehead atoms. The number of hydrogen-bond acceptors (Lipinski definition) is 0. The summed E-state index contributed by atoms with van der Waals surface area (Å²) < 4.78 is 0. The fourth-order valence-electron chi connectivity index (χ4n) is 1.29. The van der Waals surface area contributed by atoms with E-state index in [2.05, 4.69) is 49.3 Å². The molecule has 0 spiro atoms. The van der Waals surface area contributed by atoms with E-state index in [1.165, 1.54) is 36.6 Å². The second-order valence-electron chi connectivity index (χ2n) is 3.19. The van der Waals surface area contributed by atoms with Crippen molar-refractivity contribution >= 4 is 24.5 Å². The Kier molecular flexibility index (Phi) is 11.2. The van der Waals surface area contributed by atoms with Gasteiger partial charge in [0.15, 0.2) is 0 Å². The summed E-state index contributed by atoms with van der Waals surface area (Å²) in [5, 5.41) is 0. The summed E-state index contributed by atoms with van der Waals surface area (Å²) in [5.41, 5.74) is 2.64. The van der Waals surface area contributed by atoms with Gasteiger partial charge in [-0.05, 0) is 36.6 Å². The molecule has 1 aromatic rings. The molecule has 0 amide bonds. The Balaban J connectivity index is 0.000000921. The molecule has 88 valence electrons. The topological polar surface area (TPSA) is 0 Å². The zero-order chi connectivity index (χ0) is 11.5.